The molecular weight excluding hydrogens is 322 g/mol. The van der Waals surface area contributed by atoms with Crippen molar-refractivity contribution in [3.63, 3.8) is 0 Å². The molecule has 4 heteroatoms. The lowest BCUT2D eigenvalue weighted by Crippen LogP contribution is -2.00. The van der Waals surface area contributed by atoms with E-state index in [0.29, 0.717) is 17.5 Å². The van der Waals surface area contributed by atoms with Crippen LogP contribution < -0.4 is 0 Å². The second-order valence-corrected chi connectivity index (χ2v) is 6.21. The maximum atomic E-state index is 11.0. The van der Waals surface area contributed by atoms with Crippen LogP contribution in [0.3, 0.4) is 0 Å². The summed E-state index contributed by atoms with van der Waals surface area (Å²) in [4.78, 5) is 24.0. The van der Waals surface area contributed by atoms with Crippen LogP contribution in [0.1, 0.15) is 27.2 Å². The van der Waals surface area contributed by atoms with E-state index in [2.05, 4.69) is 52.2 Å². The summed E-state index contributed by atoms with van der Waals surface area (Å²) in [6.45, 7) is 2.14. The SMILES string of the molecule is Cc1c(Cc2ncnc3cc(C=O)cnc23)cccc1-c1ccccc1. The molecule has 0 aliphatic rings. The summed E-state index contributed by atoms with van der Waals surface area (Å²) in [7, 11) is 0. The Morgan fingerprint density at radius 1 is 0.962 bits per heavy atom. The molecule has 2 aromatic heterocycles. The van der Waals surface area contributed by atoms with Gasteiger partial charge in [-0.25, -0.2) is 9.97 Å². The van der Waals surface area contributed by atoms with Crippen LogP contribution in [-0.4, -0.2) is 21.2 Å². The molecule has 4 aromatic rings. The molecule has 0 bridgehead atoms. The third-order valence-electron chi connectivity index (χ3n) is 4.60. The van der Waals surface area contributed by atoms with Crippen molar-refractivity contribution < 1.29 is 4.79 Å². The average Bonchev–Trinajstić information content (AvgIpc) is 2.70. The second-order valence-electron chi connectivity index (χ2n) is 6.21. The van der Waals surface area contributed by atoms with E-state index in [1.165, 1.54) is 28.6 Å². The Bertz CT molecular complexity index is 1090. The Morgan fingerprint density at radius 3 is 2.62 bits per heavy atom. The number of fused-ring (bicyclic) bond motifs is 1. The van der Waals surface area contributed by atoms with Crippen molar-refractivity contribution in [2.24, 2.45) is 0 Å². The highest BCUT2D eigenvalue weighted by atomic mass is 16.1. The molecule has 0 aliphatic heterocycles. The van der Waals surface area contributed by atoms with E-state index >= 15 is 0 Å². The number of aromatic nitrogens is 3. The van der Waals surface area contributed by atoms with Crippen molar-refractivity contribution >= 4 is 17.3 Å². The third-order valence-corrected chi connectivity index (χ3v) is 4.60. The van der Waals surface area contributed by atoms with Gasteiger partial charge in [0, 0.05) is 18.2 Å². The number of aldehydes is 1. The molecule has 26 heavy (non-hydrogen) atoms. The molecule has 0 N–H and O–H groups in total. The number of benzene rings is 2. The van der Waals surface area contributed by atoms with Gasteiger partial charge in [0.05, 0.1) is 11.2 Å². The van der Waals surface area contributed by atoms with Crippen LogP contribution in [0, 0.1) is 6.92 Å². The third kappa shape index (κ3) is 2.97. The fourth-order valence-electron chi connectivity index (χ4n) is 3.19. The van der Waals surface area contributed by atoms with Crippen molar-refractivity contribution in [3.8, 4) is 11.1 Å². The van der Waals surface area contributed by atoms with E-state index in [0.717, 1.165) is 17.5 Å². The van der Waals surface area contributed by atoms with E-state index in [-0.39, 0.29) is 0 Å². The van der Waals surface area contributed by atoms with Gasteiger partial charge < -0.3 is 0 Å². The van der Waals surface area contributed by atoms with Crippen LogP contribution in [0.2, 0.25) is 0 Å². The Labute approximate surface area is 151 Å². The Balaban J connectivity index is 1.77. The van der Waals surface area contributed by atoms with Crippen molar-refractivity contribution in [1.82, 2.24) is 15.0 Å². The van der Waals surface area contributed by atoms with Gasteiger partial charge in [-0.2, -0.15) is 0 Å². The van der Waals surface area contributed by atoms with Gasteiger partial charge in [0.2, 0.25) is 0 Å². The first-order valence-electron chi connectivity index (χ1n) is 8.45. The first-order valence-corrected chi connectivity index (χ1v) is 8.45. The van der Waals surface area contributed by atoms with Crippen molar-refractivity contribution in [2.75, 3.05) is 0 Å². The molecule has 0 saturated carbocycles. The average molecular weight is 339 g/mol. The van der Waals surface area contributed by atoms with Crippen LogP contribution >= 0.6 is 0 Å². The molecule has 126 valence electrons. The quantitative estimate of drug-likeness (QED) is 0.517. The van der Waals surface area contributed by atoms with E-state index in [9.17, 15) is 4.79 Å². The molecule has 0 spiro atoms. The first-order chi connectivity index (χ1) is 12.8. The Kier molecular flexibility index (Phi) is 4.23. The predicted octanol–water partition coefficient (Wildman–Crippen LogP) is 4.40. The van der Waals surface area contributed by atoms with Gasteiger partial charge in [-0.15, -0.1) is 0 Å². The highest BCUT2D eigenvalue weighted by molar-refractivity contribution is 5.84. The van der Waals surface area contributed by atoms with Crippen LogP contribution in [0.4, 0.5) is 0 Å². The molecule has 2 aromatic carbocycles. The number of carbonyl (C=O) groups excluding carboxylic acids is 1. The van der Waals surface area contributed by atoms with Crippen LogP contribution in [0.25, 0.3) is 22.2 Å². The topological polar surface area (TPSA) is 55.7 Å². The Hall–Kier alpha value is -3.40. The second kappa shape index (κ2) is 6.84. The zero-order chi connectivity index (χ0) is 17.9. The number of rotatable bonds is 4. The Morgan fingerprint density at radius 2 is 1.81 bits per heavy atom. The molecule has 0 radical (unpaired) electrons. The number of nitrogens with zero attached hydrogens (tertiary/aromatic N) is 3. The van der Waals surface area contributed by atoms with Gasteiger partial charge in [0.1, 0.15) is 11.8 Å². The fourth-order valence-corrected chi connectivity index (χ4v) is 3.19. The lowest BCUT2D eigenvalue weighted by molar-refractivity contribution is 0.112. The lowest BCUT2D eigenvalue weighted by Gasteiger charge is -2.12. The molecule has 4 rings (SSSR count). The van der Waals surface area contributed by atoms with E-state index in [1.807, 2.05) is 18.2 Å². The standard InChI is InChI=1S/C22H17N3O/c1-15-18(8-5-9-19(15)17-6-3-2-4-7-17)11-21-22-20(24-14-25-21)10-16(13-26)12-23-22/h2-10,12-14H,11H2,1H3. The predicted molar refractivity (Wildman–Crippen MR) is 102 cm³/mol. The van der Waals surface area contributed by atoms with E-state index in [4.69, 9.17) is 0 Å². The highest BCUT2D eigenvalue weighted by Gasteiger charge is 2.11. The van der Waals surface area contributed by atoms with Gasteiger partial charge >= 0.3 is 0 Å². The van der Waals surface area contributed by atoms with Gasteiger partial charge in [-0.3, -0.25) is 9.78 Å². The minimum absolute atomic E-state index is 0.518. The molecular formula is C22H17N3O. The summed E-state index contributed by atoms with van der Waals surface area (Å²) in [5, 5.41) is 0. The lowest BCUT2D eigenvalue weighted by atomic mass is 9.94. The summed E-state index contributed by atoms with van der Waals surface area (Å²) in [6.07, 6.45) is 4.54. The number of hydrogen-bond acceptors (Lipinski definition) is 4. The molecule has 0 unspecified atom stereocenters. The summed E-state index contributed by atoms with van der Waals surface area (Å²) < 4.78 is 0. The smallest absolute Gasteiger partial charge is 0.151 e. The summed E-state index contributed by atoms with van der Waals surface area (Å²) in [5.41, 5.74) is 7.66. The molecule has 0 amide bonds. The van der Waals surface area contributed by atoms with Gasteiger partial charge in [-0.05, 0) is 35.2 Å². The van der Waals surface area contributed by atoms with Gasteiger partial charge in [0.25, 0.3) is 0 Å². The van der Waals surface area contributed by atoms with E-state index < -0.39 is 0 Å². The summed E-state index contributed by atoms with van der Waals surface area (Å²) in [6, 6.07) is 18.4. The molecule has 2 heterocycles. The summed E-state index contributed by atoms with van der Waals surface area (Å²) >= 11 is 0. The zero-order valence-corrected chi connectivity index (χ0v) is 14.4. The largest absolute Gasteiger partial charge is 0.298 e. The maximum absolute atomic E-state index is 11.0. The molecule has 0 atom stereocenters. The minimum atomic E-state index is 0.518. The number of hydrogen-bond donors (Lipinski definition) is 0. The molecule has 0 aliphatic carbocycles. The minimum Gasteiger partial charge on any atom is -0.298 e. The number of carbonyl (C=O) groups is 1. The van der Waals surface area contributed by atoms with Crippen LogP contribution in [-0.2, 0) is 6.42 Å². The van der Waals surface area contributed by atoms with Crippen LogP contribution in [0.5, 0.6) is 0 Å². The fraction of sp³-hybridized carbons (Fsp3) is 0.0909. The summed E-state index contributed by atoms with van der Waals surface area (Å²) in [5.74, 6) is 0. The molecule has 0 saturated heterocycles. The normalized spacial score (nSPS) is 10.8. The first kappa shape index (κ1) is 16.1. The van der Waals surface area contributed by atoms with Crippen molar-refractivity contribution in [1.29, 1.82) is 0 Å². The molecule has 4 nitrogen and oxygen atoms in total. The van der Waals surface area contributed by atoms with Crippen LogP contribution in [0.15, 0.2) is 67.1 Å². The highest BCUT2D eigenvalue weighted by Crippen LogP contribution is 2.27. The number of pyridine rings is 1. The monoisotopic (exact) mass is 339 g/mol. The van der Waals surface area contributed by atoms with E-state index in [1.54, 1.807) is 12.3 Å². The van der Waals surface area contributed by atoms with Crippen molar-refractivity contribution in [3.05, 3.63) is 89.5 Å². The molecule has 0 fully saturated rings. The maximum Gasteiger partial charge on any atom is 0.151 e. The van der Waals surface area contributed by atoms with Gasteiger partial charge in [-0.1, -0.05) is 48.5 Å². The van der Waals surface area contributed by atoms with Gasteiger partial charge in [0.15, 0.2) is 6.29 Å². The van der Waals surface area contributed by atoms with Crippen molar-refractivity contribution in [2.45, 2.75) is 13.3 Å². The zero-order valence-electron chi connectivity index (χ0n) is 14.4.